The maximum Gasteiger partial charge on any atom is 0.496 e. The van der Waals surface area contributed by atoms with Crippen molar-refractivity contribution in [3.8, 4) is 0 Å². The molecule has 3 heterocycles. The van der Waals surface area contributed by atoms with E-state index in [9.17, 15) is 0 Å². The van der Waals surface area contributed by atoms with Crippen LogP contribution < -0.4 is 5.46 Å². The van der Waals surface area contributed by atoms with E-state index >= 15 is 0 Å². The number of azo groups is 1. The minimum absolute atomic E-state index is 0.111. The molecule has 0 saturated carbocycles. The zero-order chi connectivity index (χ0) is 14.5. The number of rotatable bonds is 2. The van der Waals surface area contributed by atoms with Crippen molar-refractivity contribution in [1.29, 1.82) is 0 Å². The Bertz CT molecular complexity index is 556. The Balaban J connectivity index is 1.91. The lowest BCUT2D eigenvalue weighted by molar-refractivity contribution is 0.00578. The molecule has 0 aromatic carbocycles. The van der Waals surface area contributed by atoms with Crippen molar-refractivity contribution in [1.82, 2.24) is 4.98 Å². The number of aromatic nitrogens is 1. The second-order valence-corrected chi connectivity index (χ2v) is 6.41. The molecule has 2 aliphatic heterocycles. The van der Waals surface area contributed by atoms with E-state index in [1.165, 1.54) is 0 Å². The first-order chi connectivity index (χ1) is 9.34. The average Bonchev–Trinajstić information content (AvgIpc) is 2.87. The van der Waals surface area contributed by atoms with Gasteiger partial charge < -0.3 is 9.31 Å². The van der Waals surface area contributed by atoms with Crippen molar-refractivity contribution in [2.75, 3.05) is 0 Å². The molecule has 3 rings (SSSR count). The van der Waals surface area contributed by atoms with Crippen molar-refractivity contribution >= 4 is 18.4 Å². The second-order valence-electron chi connectivity index (χ2n) is 6.41. The highest BCUT2D eigenvalue weighted by molar-refractivity contribution is 6.62. The van der Waals surface area contributed by atoms with Crippen molar-refractivity contribution in [3.63, 3.8) is 0 Å². The van der Waals surface area contributed by atoms with E-state index in [0.717, 1.165) is 23.3 Å². The van der Waals surface area contributed by atoms with Crippen LogP contribution in [0.2, 0.25) is 0 Å². The van der Waals surface area contributed by atoms with Crippen LogP contribution in [0.15, 0.2) is 22.5 Å². The Morgan fingerprint density at radius 2 is 1.85 bits per heavy atom. The quantitative estimate of drug-likeness (QED) is 0.778. The van der Waals surface area contributed by atoms with Crippen LogP contribution in [0, 0.1) is 0 Å². The maximum atomic E-state index is 6.06. The summed E-state index contributed by atoms with van der Waals surface area (Å²) < 4.78 is 12.1. The van der Waals surface area contributed by atoms with Gasteiger partial charge in [-0.25, -0.2) is 4.98 Å². The Morgan fingerprint density at radius 1 is 1.20 bits per heavy atom. The molecule has 0 N–H and O–H groups in total. The first-order valence-corrected chi connectivity index (χ1v) is 7.10. The van der Waals surface area contributed by atoms with Crippen LogP contribution >= 0.6 is 0 Å². The number of fused-ring (bicyclic) bond motifs is 1. The summed E-state index contributed by atoms with van der Waals surface area (Å²) in [5, 5.41) is 8.34. The Kier molecular flexibility index (Phi) is 2.99. The van der Waals surface area contributed by atoms with Gasteiger partial charge in [0.05, 0.1) is 17.2 Å². The lowest BCUT2D eigenvalue weighted by atomic mass is 9.79. The van der Waals surface area contributed by atoms with Crippen LogP contribution in [-0.2, 0) is 9.31 Å². The van der Waals surface area contributed by atoms with Crippen LogP contribution in [0.25, 0.3) is 0 Å². The molecule has 1 aromatic rings. The number of hydrogen-bond donors (Lipinski definition) is 0. The predicted octanol–water partition coefficient (Wildman–Crippen LogP) is 2.93. The molecule has 106 valence electrons. The minimum atomic E-state index is -0.379. The largest absolute Gasteiger partial charge is 0.496 e. The van der Waals surface area contributed by atoms with E-state index in [1.807, 2.05) is 27.7 Å². The fourth-order valence-electron chi connectivity index (χ4n) is 2.42. The van der Waals surface area contributed by atoms with E-state index in [-0.39, 0.29) is 24.4 Å². The monoisotopic (exact) mass is 273 g/mol. The Labute approximate surface area is 119 Å². The molecule has 1 aromatic heterocycles. The molecule has 5 nitrogen and oxygen atoms in total. The van der Waals surface area contributed by atoms with E-state index in [2.05, 4.69) is 28.2 Å². The van der Waals surface area contributed by atoms with Crippen LogP contribution in [0.4, 0.5) is 5.82 Å². The molecule has 0 amide bonds. The fraction of sp³-hybridized carbons (Fsp3) is 0.643. The molecule has 0 spiro atoms. The molecule has 0 bridgehead atoms. The van der Waals surface area contributed by atoms with Crippen molar-refractivity contribution in [2.45, 2.75) is 58.3 Å². The van der Waals surface area contributed by atoms with Crippen LogP contribution in [0.1, 0.15) is 52.6 Å². The molecule has 1 fully saturated rings. The van der Waals surface area contributed by atoms with Gasteiger partial charge in [0.1, 0.15) is 0 Å². The van der Waals surface area contributed by atoms with Gasteiger partial charge in [0.2, 0.25) is 0 Å². The molecular formula is C14H20BN3O2. The van der Waals surface area contributed by atoms with Gasteiger partial charge in [-0.3, -0.25) is 0 Å². The third-order valence-electron chi connectivity index (χ3n) is 4.48. The van der Waals surface area contributed by atoms with Crippen LogP contribution in [-0.4, -0.2) is 23.3 Å². The van der Waals surface area contributed by atoms with E-state index < -0.39 is 0 Å². The maximum absolute atomic E-state index is 6.06. The number of hydrogen-bond acceptors (Lipinski definition) is 5. The number of pyridine rings is 1. The summed E-state index contributed by atoms with van der Waals surface area (Å²) >= 11 is 0. The highest BCUT2D eigenvalue weighted by Gasteiger charge is 2.52. The SMILES string of the molecule is CC[C@@H]1N=Nc2ncc(B3OC(C)(C)C(C)(C)O3)cc21. The Morgan fingerprint density at radius 3 is 2.45 bits per heavy atom. The summed E-state index contributed by atoms with van der Waals surface area (Å²) in [4.78, 5) is 4.38. The summed E-state index contributed by atoms with van der Waals surface area (Å²) in [5.74, 6) is 0.720. The normalized spacial score (nSPS) is 26.1. The molecular weight excluding hydrogens is 253 g/mol. The molecule has 0 aliphatic carbocycles. The summed E-state index contributed by atoms with van der Waals surface area (Å²) in [6, 6.07) is 2.18. The van der Waals surface area contributed by atoms with Gasteiger partial charge >= 0.3 is 7.12 Å². The molecule has 2 aliphatic rings. The smallest absolute Gasteiger partial charge is 0.399 e. The van der Waals surface area contributed by atoms with Gasteiger partial charge in [-0.05, 0) is 34.1 Å². The third-order valence-corrected chi connectivity index (χ3v) is 4.48. The highest BCUT2D eigenvalue weighted by atomic mass is 16.7. The van der Waals surface area contributed by atoms with Crippen LogP contribution in [0.5, 0.6) is 0 Å². The standard InChI is InChI=1S/C14H20BN3O2/c1-6-11-10-7-9(8-16-12(10)18-17-11)15-19-13(2,3)14(4,5)20-15/h7-8,11H,6H2,1-5H3/t11-/m0/s1. The van der Waals surface area contributed by atoms with Gasteiger partial charge in [-0.1, -0.05) is 13.0 Å². The lowest BCUT2D eigenvalue weighted by Crippen LogP contribution is -2.41. The van der Waals surface area contributed by atoms with Gasteiger partial charge in [0, 0.05) is 17.2 Å². The average molecular weight is 273 g/mol. The predicted molar refractivity (Wildman–Crippen MR) is 77.5 cm³/mol. The molecule has 20 heavy (non-hydrogen) atoms. The second kappa shape index (κ2) is 4.36. The summed E-state index contributed by atoms with van der Waals surface area (Å²) in [6.45, 7) is 10.3. The minimum Gasteiger partial charge on any atom is -0.399 e. The third kappa shape index (κ3) is 1.98. The summed E-state index contributed by atoms with van der Waals surface area (Å²) in [6.07, 6.45) is 2.70. The fourth-order valence-corrected chi connectivity index (χ4v) is 2.42. The summed E-state index contributed by atoms with van der Waals surface area (Å²) in [5.41, 5.74) is 1.33. The van der Waals surface area contributed by atoms with Gasteiger partial charge in [-0.2, -0.15) is 5.11 Å². The van der Waals surface area contributed by atoms with E-state index in [0.29, 0.717) is 0 Å². The van der Waals surface area contributed by atoms with E-state index in [4.69, 9.17) is 9.31 Å². The van der Waals surface area contributed by atoms with Gasteiger partial charge in [0.25, 0.3) is 0 Å². The topological polar surface area (TPSA) is 56.1 Å². The molecule has 0 unspecified atom stereocenters. The molecule has 6 heteroatoms. The van der Waals surface area contributed by atoms with Crippen molar-refractivity contribution < 1.29 is 9.31 Å². The van der Waals surface area contributed by atoms with E-state index in [1.54, 1.807) is 6.20 Å². The molecule has 1 atom stereocenters. The molecule has 0 radical (unpaired) electrons. The van der Waals surface area contributed by atoms with Gasteiger partial charge in [-0.15, -0.1) is 5.11 Å². The van der Waals surface area contributed by atoms with Crippen molar-refractivity contribution in [2.24, 2.45) is 10.2 Å². The Hall–Kier alpha value is -1.27. The highest BCUT2D eigenvalue weighted by Crippen LogP contribution is 2.38. The van der Waals surface area contributed by atoms with Gasteiger partial charge in [0.15, 0.2) is 5.82 Å². The molecule has 1 saturated heterocycles. The lowest BCUT2D eigenvalue weighted by Gasteiger charge is -2.32. The number of nitrogens with zero attached hydrogens (tertiary/aromatic N) is 3. The zero-order valence-corrected chi connectivity index (χ0v) is 12.7. The van der Waals surface area contributed by atoms with Crippen LogP contribution in [0.3, 0.4) is 0 Å². The van der Waals surface area contributed by atoms with Crippen molar-refractivity contribution in [3.05, 3.63) is 17.8 Å². The first kappa shape index (κ1) is 13.7. The zero-order valence-electron chi connectivity index (χ0n) is 12.7. The summed E-state index contributed by atoms with van der Waals surface area (Å²) in [7, 11) is -0.379. The first-order valence-electron chi connectivity index (χ1n) is 7.10.